The van der Waals surface area contributed by atoms with Crippen molar-refractivity contribution in [1.29, 1.82) is 0 Å². The number of hydrogen-bond acceptors (Lipinski definition) is 5. The van der Waals surface area contributed by atoms with Gasteiger partial charge in [0.25, 0.3) is 0 Å². The molecule has 2 aromatic rings. The van der Waals surface area contributed by atoms with Crippen LogP contribution < -0.4 is 9.46 Å². The van der Waals surface area contributed by atoms with Crippen LogP contribution in [-0.4, -0.2) is 33.8 Å². The first-order valence-electron chi connectivity index (χ1n) is 7.44. The molecular weight excluding hydrogens is 370 g/mol. The lowest BCUT2D eigenvalue weighted by Crippen LogP contribution is -2.26. The second-order valence-corrected chi connectivity index (χ2v) is 8.20. The van der Waals surface area contributed by atoms with E-state index in [2.05, 4.69) is 4.72 Å². The normalized spacial score (nSPS) is 13.0. The number of rotatable bonds is 9. The number of thiophene rings is 1. The minimum absolute atomic E-state index is 0.0708. The number of aliphatic hydroxyl groups is 1. The van der Waals surface area contributed by atoms with Crippen molar-refractivity contribution in [1.82, 2.24) is 4.72 Å². The van der Waals surface area contributed by atoms with Crippen LogP contribution in [-0.2, 0) is 10.0 Å². The molecule has 1 aromatic heterocycles. The average Bonchev–Trinajstić information content (AvgIpc) is 3.08. The molecule has 1 heterocycles. The quantitative estimate of drug-likeness (QED) is 0.690. The van der Waals surface area contributed by atoms with Gasteiger partial charge in [0, 0.05) is 13.2 Å². The molecule has 0 unspecified atom stereocenters. The third kappa shape index (κ3) is 4.94. The average molecular weight is 390 g/mol. The number of benzene rings is 1. The van der Waals surface area contributed by atoms with Gasteiger partial charge in [-0.25, -0.2) is 13.1 Å². The van der Waals surface area contributed by atoms with E-state index in [4.69, 9.17) is 16.3 Å². The Hall–Kier alpha value is -1.12. The van der Waals surface area contributed by atoms with E-state index in [1.54, 1.807) is 11.3 Å². The fourth-order valence-electron chi connectivity index (χ4n) is 2.41. The second kappa shape index (κ2) is 8.82. The van der Waals surface area contributed by atoms with Crippen molar-refractivity contribution in [3.63, 3.8) is 0 Å². The molecule has 2 N–H and O–H groups in total. The Bertz CT molecular complexity index is 747. The third-order valence-corrected chi connectivity index (χ3v) is 6.17. The van der Waals surface area contributed by atoms with E-state index >= 15 is 0 Å². The van der Waals surface area contributed by atoms with Crippen molar-refractivity contribution in [2.24, 2.45) is 0 Å². The fraction of sp³-hybridized carbons (Fsp3) is 0.375. The fourth-order valence-corrected chi connectivity index (χ4v) is 4.54. The summed E-state index contributed by atoms with van der Waals surface area (Å²) in [6, 6.07) is 6.35. The summed E-state index contributed by atoms with van der Waals surface area (Å²) in [6.45, 7) is 0.355. The zero-order chi connectivity index (χ0) is 17.6. The first kappa shape index (κ1) is 19.2. The molecule has 0 fully saturated rings. The molecular formula is C16H20ClNO4S2. The predicted molar refractivity (Wildman–Crippen MR) is 96.6 cm³/mol. The maximum absolute atomic E-state index is 12.4. The summed E-state index contributed by atoms with van der Waals surface area (Å²) in [5.74, 6) is 0.555. The molecule has 0 radical (unpaired) electrons. The van der Waals surface area contributed by atoms with Crippen molar-refractivity contribution in [3.8, 4) is 5.75 Å². The number of halogens is 1. The zero-order valence-electron chi connectivity index (χ0n) is 13.2. The van der Waals surface area contributed by atoms with Gasteiger partial charge in [0.05, 0.1) is 17.0 Å². The van der Waals surface area contributed by atoms with Gasteiger partial charge >= 0.3 is 0 Å². The standard InChI is InChI=1S/C16H20ClNO4S2/c1-22-16-3-2-14(10-15(16)17)24(20,21)18-7-4-12(5-8-19)13-6-9-23-11-13/h2-3,6,9-12,18-19H,4-5,7-8H2,1H3/t12-/m1/s1. The van der Waals surface area contributed by atoms with Crippen LogP contribution in [0, 0.1) is 0 Å². The third-order valence-electron chi connectivity index (χ3n) is 3.71. The van der Waals surface area contributed by atoms with Crippen molar-refractivity contribution >= 4 is 33.0 Å². The van der Waals surface area contributed by atoms with Crippen molar-refractivity contribution in [2.45, 2.75) is 23.7 Å². The molecule has 0 spiro atoms. The first-order valence-corrected chi connectivity index (χ1v) is 10.2. The summed E-state index contributed by atoms with van der Waals surface area (Å²) in [5, 5.41) is 13.4. The maximum atomic E-state index is 12.4. The van der Waals surface area contributed by atoms with Crippen molar-refractivity contribution in [3.05, 3.63) is 45.6 Å². The Labute approximate surface area is 151 Å². The Morgan fingerprint density at radius 1 is 1.33 bits per heavy atom. The molecule has 0 saturated carbocycles. The van der Waals surface area contributed by atoms with Gasteiger partial charge in [-0.3, -0.25) is 0 Å². The van der Waals surface area contributed by atoms with Crippen LogP contribution >= 0.6 is 22.9 Å². The number of ether oxygens (including phenoxy) is 1. The van der Waals surface area contributed by atoms with Crippen LogP contribution in [0.5, 0.6) is 5.75 Å². The van der Waals surface area contributed by atoms with Crippen LogP contribution in [0.4, 0.5) is 0 Å². The summed E-state index contributed by atoms with van der Waals surface area (Å²) >= 11 is 7.57. The van der Waals surface area contributed by atoms with Crippen molar-refractivity contribution < 1.29 is 18.3 Å². The number of methoxy groups -OCH3 is 1. The minimum atomic E-state index is -3.64. The van der Waals surface area contributed by atoms with E-state index in [0.29, 0.717) is 18.6 Å². The summed E-state index contributed by atoms with van der Waals surface area (Å²) < 4.78 is 32.3. The molecule has 24 heavy (non-hydrogen) atoms. The van der Waals surface area contributed by atoms with Gasteiger partial charge in [-0.2, -0.15) is 11.3 Å². The summed E-state index contributed by atoms with van der Waals surface area (Å²) in [6.07, 6.45) is 1.22. The Balaban J connectivity index is 2.00. The van der Waals surface area contributed by atoms with E-state index in [1.807, 2.05) is 16.8 Å². The number of aliphatic hydroxyl groups excluding tert-OH is 1. The smallest absolute Gasteiger partial charge is 0.240 e. The van der Waals surface area contributed by atoms with E-state index < -0.39 is 10.0 Å². The number of hydrogen-bond donors (Lipinski definition) is 2. The van der Waals surface area contributed by atoms with Gasteiger partial charge < -0.3 is 9.84 Å². The highest BCUT2D eigenvalue weighted by Gasteiger charge is 2.17. The van der Waals surface area contributed by atoms with Crippen LogP contribution in [0.1, 0.15) is 24.3 Å². The second-order valence-electron chi connectivity index (χ2n) is 5.25. The lowest BCUT2D eigenvalue weighted by atomic mass is 9.95. The molecule has 5 nitrogen and oxygen atoms in total. The highest BCUT2D eigenvalue weighted by Crippen LogP contribution is 2.27. The minimum Gasteiger partial charge on any atom is -0.495 e. The summed E-state index contributed by atoms with van der Waals surface area (Å²) in [4.78, 5) is 0.0996. The van der Waals surface area contributed by atoms with E-state index in [9.17, 15) is 13.5 Å². The largest absolute Gasteiger partial charge is 0.495 e. The summed E-state index contributed by atoms with van der Waals surface area (Å²) in [5.41, 5.74) is 1.13. The van der Waals surface area contributed by atoms with Crippen LogP contribution in [0.3, 0.4) is 0 Å². The van der Waals surface area contributed by atoms with Crippen LogP contribution in [0.25, 0.3) is 0 Å². The van der Waals surface area contributed by atoms with Gasteiger partial charge in [-0.05, 0) is 59.3 Å². The van der Waals surface area contributed by atoms with Gasteiger partial charge in [0.2, 0.25) is 10.0 Å². The molecule has 1 atom stereocenters. The Morgan fingerprint density at radius 2 is 2.12 bits per heavy atom. The molecule has 2 rings (SSSR count). The lowest BCUT2D eigenvalue weighted by molar-refractivity contribution is 0.273. The number of nitrogens with one attached hydrogen (secondary N) is 1. The molecule has 0 amide bonds. The van der Waals surface area contributed by atoms with Gasteiger partial charge in [0.15, 0.2) is 0 Å². The highest BCUT2D eigenvalue weighted by molar-refractivity contribution is 7.89. The maximum Gasteiger partial charge on any atom is 0.240 e. The highest BCUT2D eigenvalue weighted by atomic mass is 35.5. The molecule has 8 heteroatoms. The number of sulfonamides is 1. The molecule has 132 valence electrons. The molecule has 1 aromatic carbocycles. The molecule has 0 saturated heterocycles. The van der Waals surface area contributed by atoms with Crippen molar-refractivity contribution in [2.75, 3.05) is 20.3 Å². The van der Waals surface area contributed by atoms with Crippen LogP contribution in [0.2, 0.25) is 5.02 Å². The SMILES string of the molecule is COc1ccc(S(=O)(=O)NCC[C@H](CCO)c2ccsc2)cc1Cl. The first-order chi connectivity index (χ1) is 11.5. The Morgan fingerprint density at radius 3 is 2.71 bits per heavy atom. The predicted octanol–water partition coefficient (Wildman–Crippen LogP) is 3.24. The molecule has 0 aliphatic carbocycles. The van der Waals surface area contributed by atoms with E-state index in [0.717, 1.165) is 5.56 Å². The Kier molecular flexibility index (Phi) is 7.06. The molecule has 0 bridgehead atoms. The van der Waals surface area contributed by atoms with Crippen LogP contribution in [0.15, 0.2) is 39.9 Å². The van der Waals surface area contributed by atoms with Gasteiger partial charge in [-0.15, -0.1) is 0 Å². The topological polar surface area (TPSA) is 75.6 Å². The van der Waals surface area contributed by atoms with Gasteiger partial charge in [0.1, 0.15) is 5.75 Å². The summed E-state index contributed by atoms with van der Waals surface area (Å²) in [7, 11) is -2.17. The molecule has 0 aliphatic heterocycles. The zero-order valence-corrected chi connectivity index (χ0v) is 15.6. The van der Waals surface area contributed by atoms with Gasteiger partial charge in [-0.1, -0.05) is 11.6 Å². The van der Waals surface area contributed by atoms with E-state index in [-0.39, 0.29) is 29.0 Å². The molecule has 0 aliphatic rings. The van der Waals surface area contributed by atoms with E-state index in [1.165, 1.54) is 25.3 Å². The lowest BCUT2D eigenvalue weighted by Gasteiger charge is -2.15. The monoisotopic (exact) mass is 389 g/mol.